The fraction of sp³-hybridized carbons (Fsp3) is 0.273. The van der Waals surface area contributed by atoms with E-state index in [2.05, 4.69) is 10.4 Å². The smallest absolute Gasteiger partial charge is 0.244 e. The average Bonchev–Trinajstić information content (AvgIpc) is 2.95. The van der Waals surface area contributed by atoms with Crippen molar-refractivity contribution in [3.63, 3.8) is 0 Å². The summed E-state index contributed by atoms with van der Waals surface area (Å²) in [5.41, 5.74) is 6.08. The second-order valence-electron chi connectivity index (χ2n) is 3.73. The number of hydrogen-bond donors (Lipinski definition) is 2. The molecule has 2 aromatic heterocycles. The molecule has 0 radical (unpaired) electrons. The van der Waals surface area contributed by atoms with Gasteiger partial charge in [0.15, 0.2) is 0 Å². The summed E-state index contributed by atoms with van der Waals surface area (Å²) in [5.74, 6) is 0.579. The first-order chi connectivity index (χ1) is 8.16. The first kappa shape index (κ1) is 11.3. The summed E-state index contributed by atoms with van der Waals surface area (Å²) in [7, 11) is 0. The van der Waals surface area contributed by atoms with Crippen LogP contribution in [0.5, 0.6) is 0 Å². The number of nitrogens with two attached hydrogens (primary N) is 1. The van der Waals surface area contributed by atoms with Gasteiger partial charge in [0.25, 0.3) is 0 Å². The number of anilines is 1. The van der Waals surface area contributed by atoms with Gasteiger partial charge in [-0.15, -0.1) is 0 Å². The number of amides is 1. The molecule has 1 unspecified atom stereocenters. The quantitative estimate of drug-likeness (QED) is 0.824. The summed E-state index contributed by atoms with van der Waals surface area (Å²) < 4.78 is 6.64. The lowest BCUT2D eigenvalue weighted by molar-refractivity contribution is -0.124. The van der Waals surface area contributed by atoms with Crippen molar-refractivity contribution in [1.82, 2.24) is 15.1 Å². The molecule has 0 saturated heterocycles. The van der Waals surface area contributed by atoms with E-state index in [9.17, 15) is 4.79 Å². The molecule has 6 nitrogen and oxygen atoms in total. The highest BCUT2D eigenvalue weighted by Gasteiger charge is 2.15. The highest BCUT2D eigenvalue weighted by Crippen LogP contribution is 2.08. The first-order valence-electron chi connectivity index (χ1n) is 5.26. The van der Waals surface area contributed by atoms with E-state index in [1.807, 2.05) is 0 Å². The molecule has 17 heavy (non-hydrogen) atoms. The fourth-order valence-electron chi connectivity index (χ4n) is 1.42. The molecule has 1 amide bonds. The van der Waals surface area contributed by atoms with Gasteiger partial charge in [-0.05, 0) is 19.1 Å². The van der Waals surface area contributed by atoms with Crippen molar-refractivity contribution in [1.29, 1.82) is 0 Å². The van der Waals surface area contributed by atoms with E-state index < -0.39 is 6.04 Å². The number of furan rings is 1. The minimum atomic E-state index is -0.401. The van der Waals surface area contributed by atoms with Gasteiger partial charge in [-0.1, -0.05) is 0 Å². The Balaban J connectivity index is 1.91. The van der Waals surface area contributed by atoms with Crippen LogP contribution in [0.4, 0.5) is 5.69 Å². The van der Waals surface area contributed by atoms with E-state index in [1.54, 1.807) is 31.5 Å². The Morgan fingerprint density at radius 3 is 3.12 bits per heavy atom. The van der Waals surface area contributed by atoms with Gasteiger partial charge >= 0.3 is 0 Å². The van der Waals surface area contributed by atoms with Crippen LogP contribution in [0.3, 0.4) is 0 Å². The van der Waals surface area contributed by atoms with Crippen LogP contribution in [0, 0.1) is 0 Å². The van der Waals surface area contributed by atoms with Gasteiger partial charge in [0.05, 0.1) is 24.7 Å². The average molecular weight is 234 g/mol. The van der Waals surface area contributed by atoms with E-state index in [0.29, 0.717) is 18.0 Å². The number of nitrogens with zero attached hydrogens (tertiary/aromatic N) is 2. The van der Waals surface area contributed by atoms with Crippen LogP contribution in [-0.4, -0.2) is 15.7 Å². The highest BCUT2D eigenvalue weighted by molar-refractivity contribution is 5.79. The number of hydrogen-bond acceptors (Lipinski definition) is 4. The van der Waals surface area contributed by atoms with Crippen molar-refractivity contribution in [2.45, 2.75) is 19.5 Å². The van der Waals surface area contributed by atoms with Crippen LogP contribution in [0.25, 0.3) is 0 Å². The molecule has 2 heterocycles. The van der Waals surface area contributed by atoms with Crippen molar-refractivity contribution in [2.24, 2.45) is 0 Å². The van der Waals surface area contributed by atoms with Gasteiger partial charge in [-0.3, -0.25) is 9.48 Å². The van der Waals surface area contributed by atoms with Gasteiger partial charge in [0.1, 0.15) is 11.8 Å². The molecule has 1 atom stereocenters. The van der Waals surface area contributed by atoms with Gasteiger partial charge in [-0.25, -0.2) is 0 Å². The third-order valence-corrected chi connectivity index (χ3v) is 2.41. The summed E-state index contributed by atoms with van der Waals surface area (Å²) in [4.78, 5) is 11.8. The van der Waals surface area contributed by atoms with Gasteiger partial charge in [0.2, 0.25) is 5.91 Å². The molecule has 0 aliphatic heterocycles. The minimum absolute atomic E-state index is 0.135. The zero-order valence-corrected chi connectivity index (χ0v) is 9.46. The molecule has 2 rings (SSSR count). The van der Waals surface area contributed by atoms with Gasteiger partial charge in [-0.2, -0.15) is 5.10 Å². The summed E-state index contributed by atoms with van der Waals surface area (Å²) in [6, 6.07) is 3.18. The predicted molar refractivity (Wildman–Crippen MR) is 61.9 cm³/mol. The molecule has 90 valence electrons. The lowest BCUT2D eigenvalue weighted by Crippen LogP contribution is -2.30. The molecule has 0 aliphatic carbocycles. The molecule has 0 spiro atoms. The number of carbonyl (C=O) groups excluding carboxylic acids is 1. The maximum Gasteiger partial charge on any atom is 0.244 e. The second-order valence-corrected chi connectivity index (χ2v) is 3.73. The van der Waals surface area contributed by atoms with Crippen molar-refractivity contribution < 1.29 is 9.21 Å². The Labute approximate surface area is 98.4 Å². The largest absolute Gasteiger partial charge is 0.467 e. The van der Waals surface area contributed by atoms with Crippen LogP contribution in [0.1, 0.15) is 18.7 Å². The number of nitrogens with one attached hydrogen (secondary N) is 1. The van der Waals surface area contributed by atoms with Crippen molar-refractivity contribution in [3.05, 3.63) is 36.5 Å². The van der Waals surface area contributed by atoms with E-state index in [0.717, 1.165) is 0 Å². The number of rotatable bonds is 4. The number of carbonyl (C=O) groups is 1. The Morgan fingerprint density at radius 1 is 1.71 bits per heavy atom. The number of nitrogen functional groups attached to an aromatic ring is 1. The standard InChI is InChI=1S/C11H14N4O2/c1-8(15-7-9(12)5-14-15)11(16)13-6-10-3-2-4-17-10/h2-5,7-8H,6,12H2,1H3,(H,13,16). The zero-order valence-electron chi connectivity index (χ0n) is 9.46. The Morgan fingerprint density at radius 2 is 2.53 bits per heavy atom. The summed E-state index contributed by atoms with van der Waals surface area (Å²) >= 11 is 0. The SMILES string of the molecule is CC(C(=O)NCc1ccco1)n1cc(N)cn1. The molecule has 0 fully saturated rings. The van der Waals surface area contributed by atoms with Crippen LogP contribution in [0.2, 0.25) is 0 Å². The molecule has 0 bridgehead atoms. The predicted octanol–water partition coefficient (Wildman–Crippen LogP) is 0.936. The Kier molecular flexibility index (Phi) is 3.13. The molecule has 6 heteroatoms. The van der Waals surface area contributed by atoms with Crippen LogP contribution < -0.4 is 11.1 Å². The monoisotopic (exact) mass is 234 g/mol. The molecule has 0 aromatic carbocycles. The Bertz CT molecular complexity index is 489. The van der Waals surface area contributed by atoms with Gasteiger partial charge < -0.3 is 15.5 Å². The molecular weight excluding hydrogens is 220 g/mol. The Hall–Kier alpha value is -2.24. The lowest BCUT2D eigenvalue weighted by Gasteiger charge is -2.11. The number of aromatic nitrogens is 2. The topological polar surface area (TPSA) is 86.1 Å². The highest BCUT2D eigenvalue weighted by atomic mass is 16.3. The van der Waals surface area contributed by atoms with Crippen LogP contribution in [-0.2, 0) is 11.3 Å². The summed E-state index contributed by atoms with van der Waals surface area (Å²) in [6.07, 6.45) is 4.70. The van der Waals surface area contributed by atoms with Crippen LogP contribution in [0.15, 0.2) is 35.2 Å². The molecular formula is C11H14N4O2. The van der Waals surface area contributed by atoms with Crippen LogP contribution >= 0.6 is 0 Å². The van der Waals surface area contributed by atoms with E-state index in [1.165, 1.54) is 10.9 Å². The molecule has 0 aliphatic rings. The third-order valence-electron chi connectivity index (χ3n) is 2.41. The fourth-order valence-corrected chi connectivity index (χ4v) is 1.42. The minimum Gasteiger partial charge on any atom is -0.467 e. The molecule has 2 aromatic rings. The van der Waals surface area contributed by atoms with E-state index >= 15 is 0 Å². The van der Waals surface area contributed by atoms with Crippen molar-refractivity contribution >= 4 is 11.6 Å². The maximum absolute atomic E-state index is 11.8. The van der Waals surface area contributed by atoms with Crippen molar-refractivity contribution in [3.8, 4) is 0 Å². The maximum atomic E-state index is 11.8. The van der Waals surface area contributed by atoms with E-state index in [-0.39, 0.29) is 5.91 Å². The van der Waals surface area contributed by atoms with Crippen molar-refractivity contribution in [2.75, 3.05) is 5.73 Å². The normalized spacial score (nSPS) is 12.3. The first-order valence-corrected chi connectivity index (χ1v) is 5.26. The second kappa shape index (κ2) is 4.73. The van der Waals surface area contributed by atoms with Gasteiger partial charge in [0, 0.05) is 6.20 Å². The summed E-state index contributed by atoms with van der Waals surface area (Å²) in [5, 5.41) is 6.75. The molecule has 0 saturated carbocycles. The van der Waals surface area contributed by atoms with E-state index in [4.69, 9.17) is 10.2 Å². The molecule has 3 N–H and O–H groups in total. The third kappa shape index (κ3) is 2.66. The lowest BCUT2D eigenvalue weighted by atomic mass is 10.3. The zero-order chi connectivity index (χ0) is 12.3. The summed E-state index contributed by atoms with van der Waals surface area (Å²) in [6.45, 7) is 2.12.